The minimum absolute atomic E-state index is 0.0461. The summed E-state index contributed by atoms with van der Waals surface area (Å²) >= 11 is 0. The summed E-state index contributed by atoms with van der Waals surface area (Å²) in [5, 5.41) is 0. The highest BCUT2D eigenvalue weighted by Gasteiger charge is 2.31. The van der Waals surface area contributed by atoms with Gasteiger partial charge in [-0.1, -0.05) is 18.2 Å². The Labute approximate surface area is 134 Å². The van der Waals surface area contributed by atoms with Crippen LogP contribution in [0.15, 0.2) is 42.7 Å². The standard InChI is InChI=1S/C16H18N4O3/c1-2-22-15(21)14-8-13(19-20-14)11-9-17-16(18-10-11)23-12-6-4-3-5-7-12/h3-7,9-10,13-14,19-20H,2,8H2,1H3. The fourth-order valence-corrected chi connectivity index (χ4v) is 2.32. The Morgan fingerprint density at radius 2 is 1.96 bits per heavy atom. The zero-order valence-electron chi connectivity index (χ0n) is 12.7. The molecule has 1 fully saturated rings. The van der Waals surface area contributed by atoms with Crippen LogP contribution >= 0.6 is 0 Å². The molecule has 7 heteroatoms. The molecule has 23 heavy (non-hydrogen) atoms. The van der Waals surface area contributed by atoms with E-state index in [2.05, 4.69) is 20.8 Å². The number of aromatic nitrogens is 2. The van der Waals surface area contributed by atoms with Gasteiger partial charge in [-0.15, -0.1) is 0 Å². The van der Waals surface area contributed by atoms with Crippen LogP contribution in [0.25, 0.3) is 0 Å². The summed E-state index contributed by atoms with van der Waals surface area (Å²) < 4.78 is 10.6. The van der Waals surface area contributed by atoms with Crippen molar-refractivity contribution in [3.05, 3.63) is 48.3 Å². The first-order chi connectivity index (χ1) is 11.3. The minimum Gasteiger partial charge on any atom is -0.465 e. The van der Waals surface area contributed by atoms with Crippen LogP contribution in [0, 0.1) is 0 Å². The molecule has 0 spiro atoms. The summed E-state index contributed by atoms with van der Waals surface area (Å²) in [5.74, 6) is 0.427. The Morgan fingerprint density at radius 3 is 2.65 bits per heavy atom. The summed E-state index contributed by atoms with van der Waals surface area (Å²) in [5.41, 5.74) is 6.87. The maximum absolute atomic E-state index is 11.7. The molecule has 2 atom stereocenters. The van der Waals surface area contributed by atoms with Gasteiger partial charge in [0, 0.05) is 18.0 Å². The van der Waals surface area contributed by atoms with E-state index in [1.54, 1.807) is 19.3 Å². The second-order valence-electron chi connectivity index (χ2n) is 5.10. The zero-order valence-corrected chi connectivity index (χ0v) is 12.7. The SMILES string of the molecule is CCOC(=O)C1CC(c2cnc(Oc3ccccc3)nc2)NN1. The maximum Gasteiger partial charge on any atom is 0.324 e. The van der Waals surface area contributed by atoms with E-state index in [9.17, 15) is 4.79 Å². The molecule has 0 radical (unpaired) electrons. The molecule has 0 saturated carbocycles. The molecular weight excluding hydrogens is 296 g/mol. The van der Waals surface area contributed by atoms with Crippen molar-refractivity contribution in [1.29, 1.82) is 0 Å². The number of ether oxygens (including phenoxy) is 2. The van der Waals surface area contributed by atoms with Crippen LogP contribution in [0.4, 0.5) is 0 Å². The highest BCUT2D eigenvalue weighted by atomic mass is 16.5. The van der Waals surface area contributed by atoms with Crippen LogP contribution in [0.5, 0.6) is 11.8 Å². The van der Waals surface area contributed by atoms with E-state index in [4.69, 9.17) is 9.47 Å². The van der Waals surface area contributed by atoms with E-state index < -0.39 is 0 Å². The summed E-state index contributed by atoms with van der Waals surface area (Å²) in [6.45, 7) is 2.16. The number of hydrogen-bond acceptors (Lipinski definition) is 7. The fourth-order valence-electron chi connectivity index (χ4n) is 2.32. The highest BCUT2D eigenvalue weighted by Crippen LogP contribution is 2.23. The molecule has 2 unspecified atom stereocenters. The molecule has 0 amide bonds. The molecule has 1 saturated heterocycles. The van der Waals surface area contributed by atoms with E-state index in [1.165, 1.54) is 0 Å². The van der Waals surface area contributed by atoms with Gasteiger partial charge < -0.3 is 9.47 Å². The molecule has 1 aromatic heterocycles. The number of esters is 1. The van der Waals surface area contributed by atoms with E-state index in [-0.39, 0.29) is 24.1 Å². The van der Waals surface area contributed by atoms with Crippen LogP contribution < -0.4 is 15.6 Å². The molecule has 3 rings (SSSR count). The largest absolute Gasteiger partial charge is 0.465 e. The lowest BCUT2D eigenvalue weighted by atomic mass is 10.1. The first-order valence-electron chi connectivity index (χ1n) is 7.49. The van der Waals surface area contributed by atoms with Gasteiger partial charge in [-0.2, -0.15) is 0 Å². The summed E-state index contributed by atoms with van der Waals surface area (Å²) in [6, 6.07) is 9.23. The molecule has 120 valence electrons. The van der Waals surface area contributed by atoms with Crippen LogP contribution in [-0.2, 0) is 9.53 Å². The molecule has 7 nitrogen and oxygen atoms in total. The smallest absolute Gasteiger partial charge is 0.324 e. The number of benzene rings is 1. The summed E-state index contributed by atoms with van der Waals surface area (Å²) in [6.07, 6.45) is 3.97. The molecule has 1 aromatic carbocycles. The molecule has 2 N–H and O–H groups in total. The molecule has 1 aliphatic rings. The van der Waals surface area contributed by atoms with Gasteiger partial charge >= 0.3 is 12.0 Å². The Hall–Kier alpha value is -2.51. The van der Waals surface area contributed by atoms with Gasteiger partial charge in [0.2, 0.25) is 0 Å². The number of carbonyl (C=O) groups excluding carboxylic acids is 1. The van der Waals surface area contributed by atoms with Crippen LogP contribution in [0.3, 0.4) is 0 Å². The molecule has 0 aliphatic carbocycles. The number of para-hydroxylation sites is 1. The molecule has 2 heterocycles. The van der Waals surface area contributed by atoms with Crippen molar-refractivity contribution in [3.8, 4) is 11.8 Å². The molecule has 1 aliphatic heterocycles. The average Bonchev–Trinajstić information content (AvgIpc) is 3.07. The first-order valence-corrected chi connectivity index (χ1v) is 7.49. The highest BCUT2D eigenvalue weighted by molar-refractivity contribution is 5.76. The number of hydrogen-bond donors (Lipinski definition) is 2. The van der Waals surface area contributed by atoms with Gasteiger partial charge in [-0.25, -0.2) is 20.8 Å². The Bertz CT molecular complexity index is 648. The topological polar surface area (TPSA) is 85.4 Å². The second-order valence-corrected chi connectivity index (χ2v) is 5.10. The monoisotopic (exact) mass is 314 g/mol. The van der Waals surface area contributed by atoms with Crippen LogP contribution in [-0.4, -0.2) is 28.6 Å². The lowest BCUT2D eigenvalue weighted by Crippen LogP contribution is -2.37. The van der Waals surface area contributed by atoms with Gasteiger partial charge in [0.05, 0.1) is 12.6 Å². The van der Waals surface area contributed by atoms with E-state index >= 15 is 0 Å². The van der Waals surface area contributed by atoms with Gasteiger partial charge in [-0.3, -0.25) is 4.79 Å². The van der Waals surface area contributed by atoms with E-state index in [1.807, 2.05) is 30.3 Å². The maximum atomic E-state index is 11.7. The molecule has 0 bridgehead atoms. The second kappa shape index (κ2) is 7.17. The number of hydrazine groups is 1. The van der Waals surface area contributed by atoms with Crippen molar-refractivity contribution in [2.24, 2.45) is 0 Å². The summed E-state index contributed by atoms with van der Waals surface area (Å²) in [7, 11) is 0. The first kappa shape index (κ1) is 15.4. The number of nitrogens with one attached hydrogen (secondary N) is 2. The van der Waals surface area contributed by atoms with Crippen molar-refractivity contribution in [2.45, 2.75) is 25.4 Å². The van der Waals surface area contributed by atoms with Crippen molar-refractivity contribution >= 4 is 5.97 Å². The van der Waals surface area contributed by atoms with E-state index in [0.717, 1.165) is 5.56 Å². The Morgan fingerprint density at radius 1 is 1.22 bits per heavy atom. The van der Waals surface area contributed by atoms with Crippen molar-refractivity contribution in [2.75, 3.05) is 6.61 Å². The van der Waals surface area contributed by atoms with Gasteiger partial charge in [0.1, 0.15) is 11.8 Å². The van der Waals surface area contributed by atoms with Crippen molar-refractivity contribution in [3.63, 3.8) is 0 Å². The predicted octanol–water partition coefficient (Wildman–Crippen LogP) is 1.74. The minimum atomic E-state index is -0.361. The Balaban J connectivity index is 1.61. The average molecular weight is 314 g/mol. The number of nitrogens with zero attached hydrogens (tertiary/aromatic N) is 2. The Kier molecular flexibility index (Phi) is 4.80. The third kappa shape index (κ3) is 3.82. The zero-order chi connectivity index (χ0) is 16.1. The van der Waals surface area contributed by atoms with Gasteiger partial charge in [-0.05, 0) is 25.5 Å². The normalized spacial score (nSPS) is 20.2. The van der Waals surface area contributed by atoms with E-state index in [0.29, 0.717) is 18.8 Å². The van der Waals surface area contributed by atoms with Crippen molar-refractivity contribution in [1.82, 2.24) is 20.8 Å². The van der Waals surface area contributed by atoms with Crippen molar-refractivity contribution < 1.29 is 14.3 Å². The molecule has 2 aromatic rings. The fraction of sp³-hybridized carbons (Fsp3) is 0.312. The summed E-state index contributed by atoms with van der Waals surface area (Å²) in [4.78, 5) is 20.1. The number of rotatable bonds is 5. The van der Waals surface area contributed by atoms with Crippen LogP contribution in [0.1, 0.15) is 24.9 Å². The third-order valence-electron chi connectivity index (χ3n) is 3.48. The predicted molar refractivity (Wildman–Crippen MR) is 82.6 cm³/mol. The lowest BCUT2D eigenvalue weighted by molar-refractivity contribution is -0.145. The molecular formula is C16H18N4O3. The third-order valence-corrected chi connectivity index (χ3v) is 3.48. The van der Waals surface area contributed by atoms with Gasteiger partial charge in [0.15, 0.2) is 0 Å². The number of carbonyl (C=O) groups is 1. The van der Waals surface area contributed by atoms with Crippen LogP contribution in [0.2, 0.25) is 0 Å². The lowest BCUT2D eigenvalue weighted by Gasteiger charge is -2.09. The van der Waals surface area contributed by atoms with Gasteiger partial charge in [0.25, 0.3) is 0 Å². The quantitative estimate of drug-likeness (QED) is 0.813.